The lowest BCUT2D eigenvalue weighted by atomic mass is 10.2. The van der Waals surface area contributed by atoms with Gasteiger partial charge in [-0.3, -0.25) is 20.2 Å². The maximum absolute atomic E-state index is 12.3. The van der Waals surface area contributed by atoms with Crippen LogP contribution in [0.25, 0.3) is 0 Å². The maximum Gasteiger partial charge on any atom is 0.294 e. The molecule has 146 valence electrons. The molecule has 0 aromatic heterocycles. The summed E-state index contributed by atoms with van der Waals surface area (Å²) in [7, 11) is 0. The number of piperazine rings is 1. The molecule has 0 bridgehead atoms. The van der Waals surface area contributed by atoms with Crippen LogP contribution in [0, 0.1) is 13.7 Å². The SMILES string of the molecule is O=C(NC(=S)N1CCN(c2c(Cl)cccc2[N+](=O)[O-])CC1)c1ccc(I)cc1. The predicted octanol–water partition coefficient (Wildman–Crippen LogP) is 3.69. The molecule has 1 fully saturated rings. The molecule has 1 aliphatic heterocycles. The summed E-state index contributed by atoms with van der Waals surface area (Å²) < 4.78 is 1.04. The molecule has 0 saturated carbocycles. The van der Waals surface area contributed by atoms with Crippen LogP contribution >= 0.6 is 46.4 Å². The van der Waals surface area contributed by atoms with Crippen LogP contribution in [-0.2, 0) is 0 Å². The number of thiocarbonyl (C=S) groups is 1. The van der Waals surface area contributed by atoms with Gasteiger partial charge in [0.15, 0.2) is 5.11 Å². The fourth-order valence-electron chi connectivity index (χ4n) is 2.95. The topological polar surface area (TPSA) is 78.7 Å². The highest BCUT2D eigenvalue weighted by molar-refractivity contribution is 14.1. The van der Waals surface area contributed by atoms with Crippen LogP contribution in [0.5, 0.6) is 0 Å². The summed E-state index contributed by atoms with van der Waals surface area (Å²) in [5, 5.41) is 14.7. The fraction of sp³-hybridized carbons (Fsp3) is 0.222. The number of hydrogen-bond donors (Lipinski definition) is 1. The Labute approximate surface area is 185 Å². The molecule has 1 amide bonds. The molecule has 1 saturated heterocycles. The summed E-state index contributed by atoms with van der Waals surface area (Å²) in [6.07, 6.45) is 0. The number of benzene rings is 2. The van der Waals surface area contributed by atoms with Gasteiger partial charge in [0.05, 0.1) is 9.95 Å². The van der Waals surface area contributed by atoms with Gasteiger partial charge in [0, 0.05) is 41.4 Å². The molecule has 1 aliphatic rings. The van der Waals surface area contributed by atoms with Crippen LogP contribution in [0.15, 0.2) is 42.5 Å². The van der Waals surface area contributed by atoms with E-state index in [0.29, 0.717) is 47.6 Å². The Morgan fingerprint density at radius 1 is 1.14 bits per heavy atom. The number of halogens is 2. The zero-order valence-electron chi connectivity index (χ0n) is 14.6. The normalized spacial score (nSPS) is 13.9. The highest BCUT2D eigenvalue weighted by atomic mass is 127. The van der Waals surface area contributed by atoms with Gasteiger partial charge in [-0.2, -0.15) is 0 Å². The number of anilines is 1. The van der Waals surface area contributed by atoms with Crippen molar-refractivity contribution in [2.75, 3.05) is 31.1 Å². The van der Waals surface area contributed by atoms with E-state index >= 15 is 0 Å². The molecule has 0 unspecified atom stereocenters. The lowest BCUT2D eigenvalue weighted by molar-refractivity contribution is -0.384. The van der Waals surface area contributed by atoms with E-state index in [0.717, 1.165) is 3.57 Å². The third-order valence-corrected chi connectivity index (χ3v) is 5.76. The lowest BCUT2D eigenvalue weighted by Crippen LogP contribution is -2.52. The van der Waals surface area contributed by atoms with Gasteiger partial charge >= 0.3 is 0 Å². The van der Waals surface area contributed by atoms with E-state index in [1.54, 1.807) is 24.3 Å². The van der Waals surface area contributed by atoms with Gasteiger partial charge < -0.3 is 9.80 Å². The molecule has 0 atom stereocenters. The number of carbonyl (C=O) groups excluding carboxylic acids is 1. The van der Waals surface area contributed by atoms with E-state index in [-0.39, 0.29) is 11.6 Å². The van der Waals surface area contributed by atoms with Crippen molar-refractivity contribution in [1.82, 2.24) is 10.2 Å². The summed E-state index contributed by atoms with van der Waals surface area (Å²) in [6.45, 7) is 2.05. The molecule has 2 aromatic rings. The van der Waals surface area contributed by atoms with Crippen molar-refractivity contribution >= 4 is 68.8 Å². The number of carbonyl (C=O) groups is 1. The quantitative estimate of drug-likeness (QED) is 0.282. The van der Waals surface area contributed by atoms with Crippen molar-refractivity contribution in [3.05, 3.63) is 66.7 Å². The highest BCUT2D eigenvalue weighted by Gasteiger charge is 2.27. The van der Waals surface area contributed by atoms with Gasteiger partial charge in [-0.15, -0.1) is 0 Å². The second-order valence-corrected chi connectivity index (χ2v) is 8.14. The highest BCUT2D eigenvalue weighted by Crippen LogP contribution is 2.35. The number of nitrogens with one attached hydrogen (secondary N) is 1. The first-order chi connectivity index (χ1) is 13.4. The first-order valence-electron chi connectivity index (χ1n) is 8.40. The van der Waals surface area contributed by atoms with E-state index in [1.165, 1.54) is 6.07 Å². The Bertz CT molecular complexity index is 918. The number of amides is 1. The van der Waals surface area contributed by atoms with Crippen molar-refractivity contribution in [2.24, 2.45) is 0 Å². The monoisotopic (exact) mass is 530 g/mol. The van der Waals surface area contributed by atoms with Gasteiger partial charge in [-0.05, 0) is 65.1 Å². The molecule has 2 aromatic carbocycles. The first-order valence-corrected chi connectivity index (χ1v) is 10.3. The zero-order chi connectivity index (χ0) is 20.3. The number of nitro groups is 1. The van der Waals surface area contributed by atoms with Crippen LogP contribution in [0.1, 0.15) is 10.4 Å². The molecule has 0 radical (unpaired) electrons. The van der Waals surface area contributed by atoms with Gasteiger partial charge in [-0.25, -0.2) is 0 Å². The van der Waals surface area contributed by atoms with Crippen molar-refractivity contribution in [1.29, 1.82) is 0 Å². The van der Waals surface area contributed by atoms with Crippen LogP contribution in [-0.4, -0.2) is 47.0 Å². The molecule has 1 N–H and O–H groups in total. The molecular formula is C18H16ClIN4O3S. The average molecular weight is 531 g/mol. The number of nitro benzene ring substituents is 1. The van der Waals surface area contributed by atoms with Gasteiger partial charge in [-0.1, -0.05) is 17.7 Å². The minimum Gasteiger partial charge on any atom is -0.361 e. The van der Waals surface area contributed by atoms with E-state index in [9.17, 15) is 14.9 Å². The summed E-state index contributed by atoms with van der Waals surface area (Å²) in [5.74, 6) is -0.259. The number of rotatable bonds is 3. The molecule has 10 heteroatoms. The van der Waals surface area contributed by atoms with E-state index in [2.05, 4.69) is 27.9 Å². The van der Waals surface area contributed by atoms with E-state index in [4.69, 9.17) is 23.8 Å². The van der Waals surface area contributed by atoms with Crippen LogP contribution in [0.2, 0.25) is 5.02 Å². The summed E-state index contributed by atoms with van der Waals surface area (Å²) in [5.41, 5.74) is 0.936. The lowest BCUT2D eigenvalue weighted by Gasteiger charge is -2.37. The summed E-state index contributed by atoms with van der Waals surface area (Å²) in [4.78, 5) is 27.0. The predicted molar refractivity (Wildman–Crippen MR) is 121 cm³/mol. The zero-order valence-corrected chi connectivity index (χ0v) is 18.3. The molecule has 28 heavy (non-hydrogen) atoms. The third kappa shape index (κ3) is 4.70. The van der Waals surface area contributed by atoms with Crippen molar-refractivity contribution in [2.45, 2.75) is 0 Å². The van der Waals surface area contributed by atoms with Crippen molar-refractivity contribution in [3.63, 3.8) is 0 Å². The summed E-state index contributed by atoms with van der Waals surface area (Å²) in [6, 6.07) is 11.8. The number of nitrogens with zero attached hydrogens (tertiary/aromatic N) is 3. The number of para-hydroxylation sites is 1. The van der Waals surface area contributed by atoms with Crippen LogP contribution in [0.4, 0.5) is 11.4 Å². The summed E-state index contributed by atoms with van der Waals surface area (Å²) >= 11 is 13.7. The molecule has 7 nitrogen and oxygen atoms in total. The Morgan fingerprint density at radius 2 is 1.79 bits per heavy atom. The fourth-order valence-corrected chi connectivity index (χ4v) is 3.87. The van der Waals surface area contributed by atoms with Crippen LogP contribution in [0.3, 0.4) is 0 Å². The molecule has 3 rings (SSSR count). The molecule has 0 spiro atoms. The van der Waals surface area contributed by atoms with Gasteiger partial charge in [0.2, 0.25) is 0 Å². The Balaban J connectivity index is 1.63. The maximum atomic E-state index is 12.3. The van der Waals surface area contributed by atoms with E-state index < -0.39 is 4.92 Å². The standard InChI is InChI=1S/C18H16ClIN4O3S/c19-14-2-1-3-15(24(26)27)16(14)22-8-10-23(11-9-22)18(28)21-17(25)12-4-6-13(20)7-5-12/h1-7H,8-11H2,(H,21,25,28). The van der Waals surface area contributed by atoms with Gasteiger partial charge in [0.25, 0.3) is 11.6 Å². The second-order valence-electron chi connectivity index (χ2n) is 6.10. The average Bonchev–Trinajstić information content (AvgIpc) is 2.68. The smallest absolute Gasteiger partial charge is 0.294 e. The Hall–Kier alpha value is -1.98. The van der Waals surface area contributed by atoms with Gasteiger partial charge in [0.1, 0.15) is 5.69 Å². The molecule has 1 heterocycles. The minimum atomic E-state index is -0.431. The first kappa shape index (κ1) is 20.7. The van der Waals surface area contributed by atoms with Crippen LogP contribution < -0.4 is 10.2 Å². The minimum absolute atomic E-state index is 0.0180. The number of hydrogen-bond acceptors (Lipinski definition) is 5. The van der Waals surface area contributed by atoms with Crippen molar-refractivity contribution in [3.8, 4) is 0 Å². The second kappa shape index (κ2) is 9.01. The Morgan fingerprint density at radius 3 is 2.39 bits per heavy atom. The third-order valence-electron chi connectivity index (χ3n) is 4.37. The molecule has 0 aliphatic carbocycles. The molecular weight excluding hydrogens is 515 g/mol. The Kier molecular flexibility index (Phi) is 6.68. The van der Waals surface area contributed by atoms with E-state index in [1.807, 2.05) is 21.9 Å². The largest absolute Gasteiger partial charge is 0.361 e. The van der Waals surface area contributed by atoms with Crippen molar-refractivity contribution < 1.29 is 9.72 Å².